The monoisotopic (exact) mass is 677 g/mol. The number of nitrogens with one attached hydrogen (secondary N) is 1. The van der Waals surface area contributed by atoms with Crippen LogP contribution in [0.3, 0.4) is 0 Å². The lowest BCUT2D eigenvalue weighted by Gasteiger charge is -2.28. The van der Waals surface area contributed by atoms with Gasteiger partial charge in [-0.15, -0.1) is 0 Å². The number of aliphatic hydroxyl groups excluding tert-OH is 1. The number of rotatable bonds is 12. The molecule has 5 rings (SSSR count). The van der Waals surface area contributed by atoms with Gasteiger partial charge in [0.2, 0.25) is 0 Å². The second kappa shape index (κ2) is 15.0. The fraction of sp³-hybridized carbons (Fsp3) is 0.455. The van der Waals surface area contributed by atoms with Gasteiger partial charge in [-0.1, -0.05) is 19.1 Å². The minimum Gasteiger partial charge on any atom is -0.489 e. The van der Waals surface area contributed by atoms with E-state index in [-0.39, 0.29) is 34.5 Å². The fourth-order valence-corrected chi connectivity index (χ4v) is 6.53. The minimum absolute atomic E-state index is 0.0382. The molecule has 2 aliphatic rings. The molecule has 10 nitrogen and oxygen atoms in total. The zero-order valence-corrected chi connectivity index (χ0v) is 26.7. The molecule has 2 saturated heterocycles. The van der Waals surface area contributed by atoms with E-state index in [2.05, 4.69) is 10.3 Å². The number of carbonyl (C=O) groups is 1. The molecule has 0 bridgehead atoms. The van der Waals surface area contributed by atoms with Gasteiger partial charge in [-0.3, -0.25) is 4.79 Å². The summed E-state index contributed by atoms with van der Waals surface area (Å²) in [6, 6.07) is 13.0. The number of aromatic nitrogens is 1. The lowest BCUT2D eigenvalue weighted by molar-refractivity contribution is -0.137. The van der Waals surface area contributed by atoms with E-state index in [1.807, 2.05) is 4.90 Å². The first kappa shape index (κ1) is 34.6. The highest BCUT2D eigenvalue weighted by Crippen LogP contribution is 2.32. The predicted molar refractivity (Wildman–Crippen MR) is 167 cm³/mol. The van der Waals surface area contributed by atoms with Crippen molar-refractivity contribution in [2.24, 2.45) is 0 Å². The Kier molecular flexibility index (Phi) is 11.1. The van der Waals surface area contributed by atoms with Gasteiger partial charge in [0.25, 0.3) is 5.91 Å². The Balaban J connectivity index is 1.26. The third-order valence-corrected chi connectivity index (χ3v) is 10.1. The van der Waals surface area contributed by atoms with Crippen LogP contribution >= 0.6 is 0 Å². The molecule has 0 spiro atoms. The molecular formula is C33H38F3N3O7S. The summed E-state index contributed by atoms with van der Waals surface area (Å²) in [5.74, 6) is 0.391. The molecule has 3 aromatic rings. The molecule has 254 valence electrons. The molecule has 0 aliphatic carbocycles. The Hall–Kier alpha value is -3.72. The van der Waals surface area contributed by atoms with Crippen LogP contribution in [0.4, 0.5) is 19.0 Å². The van der Waals surface area contributed by atoms with Gasteiger partial charge in [0.15, 0.2) is 9.84 Å². The maximum absolute atomic E-state index is 13.1. The number of sulfone groups is 1. The van der Waals surface area contributed by atoms with Crippen molar-refractivity contribution in [1.82, 2.24) is 10.3 Å². The van der Waals surface area contributed by atoms with Crippen LogP contribution in [-0.2, 0) is 25.5 Å². The van der Waals surface area contributed by atoms with Crippen LogP contribution < -0.4 is 15.0 Å². The number of hydrogen-bond acceptors (Lipinski definition) is 9. The predicted octanol–water partition coefficient (Wildman–Crippen LogP) is 4.58. The molecule has 0 radical (unpaired) electrons. The quantitative estimate of drug-likeness (QED) is 0.283. The largest absolute Gasteiger partial charge is 0.489 e. The van der Waals surface area contributed by atoms with E-state index in [9.17, 15) is 31.5 Å². The van der Waals surface area contributed by atoms with Gasteiger partial charge in [0.05, 0.1) is 59.7 Å². The van der Waals surface area contributed by atoms with Crippen molar-refractivity contribution in [3.63, 3.8) is 0 Å². The fourth-order valence-electron chi connectivity index (χ4n) is 5.64. The van der Waals surface area contributed by atoms with Crippen molar-refractivity contribution in [2.75, 3.05) is 43.6 Å². The Morgan fingerprint density at radius 3 is 2.36 bits per heavy atom. The third kappa shape index (κ3) is 8.80. The van der Waals surface area contributed by atoms with Crippen LogP contribution in [0.1, 0.15) is 53.7 Å². The molecular weight excluding hydrogens is 639 g/mol. The summed E-state index contributed by atoms with van der Waals surface area (Å²) in [5, 5.41) is 12.7. The zero-order valence-electron chi connectivity index (χ0n) is 25.9. The summed E-state index contributed by atoms with van der Waals surface area (Å²) < 4.78 is 81.0. The van der Waals surface area contributed by atoms with E-state index in [1.165, 1.54) is 30.5 Å². The Labute approximate surface area is 271 Å². The highest BCUT2D eigenvalue weighted by atomic mass is 32.2. The molecule has 1 amide bonds. The Bertz CT molecular complexity index is 1580. The summed E-state index contributed by atoms with van der Waals surface area (Å²) in [7, 11) is -3.38. The average Bonchev–Trinajstić information content (AvgIpc) is 3.48. The number of aliphatic hydroxyl groups is 1. The number of ether oxygens (including phenoxy) is 3. The van der Waals surface area contributed by atoms with Crippen LogP contribution in [0.25, 0.3) is 0 Å². The number of halogens is 3. The van der Waals surface area contributed by atoms with Gasteiger partial charge in [-0.25, -0.2) is 13.4 Å². The number of anilines is 1. The molecule has 2 fully saturated rings. The summed E-state index contributed by atoms with van der Waals surface area (Å²) >= 11 is 0. The summed E-state index contributed by atoms with van der Waals surface area (Å²) in [4.78, 5) is 19.8. The van der Waals surface area contributed by atoms with Crippen molar-refractivity contribution in [2.45, 2.75) is 61.5 Å². The number of nitrogens with zero attached hydrogens (tertiary/aromatic N) is 2. The van der Waals surface area contributed by atoms with Crippen molar-refractivity contribution < 1.29 is 45.7 Å². The highest BCUT2D eigenvalue weighted by Gasteiger charge is 2.36. The van der Waals surface area contributed by atoms with Crippen LogP contribution in [0.2, 0.25) is 0 Å². The van der Waals surface area contributed by atoms with E-state index in [0.717, 1.165) is 25.0 Å². The number of alkyl halides is 3. The van der Waals surface area contributed by atoms with E-state index < -0.39 is 40.1 Å². The van der Waals surface area contributed by atoms with E-state index in [0.29, 0.717) is 49.9 Å². The van der Waals surface area contributed by atoms with Crippen molar-refractivity contribution in [1.29, 1.82) is 0 Å². The molecule has 2 aliphatic heterocycles. The topological polar surface area (TPSA) is 127 Å². The molecule has 1 aromatic heterocycles. The van der Waals surface area contributed by atoms with Gasteiger partial charge >= 0.3 is 6.18 Å². The zero-order chi connectivity index (χ0) is 33.6. The van der Waals surface area contributed by atoms with Crippen LogP contribution in [0, 0.1) is 0 Å². The highest BCUT2D eigenvalue weighted by molar-refractivity contribution is 7.91. The van der Waals surface area contributed by atoms with Crippen LogP contribution in [0.5, 0.6) is 5.75 Å². The first-order chi connectivity index (χ1) is 22.5. The number of carbonyl (C=O) groups excluding carboxylic acids is 1. The van der Waals surface area contributed by atoms with E-state index in [1.54, 1.807) is 31.2 Å². The summed E-state index contributed by atoms with van der Waals surface area (Å²) in [6.07, 6.45) is -1.17. The molecule has 2 aromatic carbocycles. The van der Waals surface area contributed by atoms with Crippen LogP contribution in [0.15, 0.2) is 71.8 Å². The second-order valence-electron chi connectivity index (χ2n) is 11.5. The van der Waals surface area contributed by atoms with Crippen LogP contribution in [-0.4, -0.2) is 81.4 Å². The normalized spacial score (nSPS) is 19.8. The SMILES string of the molecule is CCS(=O)(=O)c1ccc([C@H](CO)NC(=O)c2ccc(N3C[C@H](Oc4ccc(C(F)(F)F)cc4)C[C@H]3COC3CCOCC3)nc2)cc1. The molecule has 3 heterocycles. The first-order valence-electron chi connectivity index (χ1n) is 15.5. The maximum Gasteiger partial charge on any atom is 0.416 e. The van der Waals surface area contributed by atoms with Gasteiger partial charge in [0.1, 0.15) is 17.7 Å². The number of amides is 1. The standard InChI is InChI=1S/C33H38F3N3O7S/c1-2-47(42,43)29-10-3-22(4-11-29)30(20-40)38-32(41)23-5-12-31(37-18-23)39-19-28(17-25(39)21-45-26-13-15-44-16-14-26)46-27-8-6-24(7-9-27)33(34,35)36/h3-12,18,25-26,28,30,40H,2,13-17,19-21H2,1H3,(H,38,41)/t25-,28+,30-/m0/s1. The third-order valence-electron chi connectivity index (χ3n) is 8.37. The Morgan fingerprint density at radius 2 is 1.77 bits per heavy atom. The van der Waals surface area contributed by atoms with Gasteiger partial charge in [0, 0.05) is 25.8 Å². The summed E-state index contributed by atoms with van der Waals surface area (Å²) in [5.41, 5.74) is 0.0488. The average molecular weight is 678 g/mol. The Morgan fingerprint density at radius 1 is 1.06 bits per heavy atom. The number of hydrogen-bond donors (Lipinski definition) is 2. The number of benzene rings is 2. The molecule has 0 saturated carbocycles. The van der Waals surface area contributed by atoms with Crippen molar-refractivity contribution in [3.05, 3.63) is 83.6 Å². The molecule has 0 unspecified atom stereocenters. The smallest absolute Gasteiger partial charge is 0.416 e. The van der Waals surface area contributed by atoms with Gasteiger partial charge in [-0.2, -0.15) is 13.2 Å². The molecule has 3 atom stereocenters. The van der Waals surface area contributed by atoms with Crippen molar-refractivity contribution in [3.8, 4) is 5.75 Å². The van der Waals surface area contributed by atoms with Crippen molar-refractivity contribution >= 4 is 21.6 Å². The minimum atomic E-state index is -4.44. The number of pyridine rings is 1. The molecule has 47 heavy (non-hydrogen) atoms. The molecule has 14 heteroatoms. The lowest BCUT2D eigenvalue weighted by atomic mass is 10.1. The van der Waals surface area contributed by atoms with E-state index >= 15 is 0 Å². The van der Waals surface area contributed by atoms with Gasteiger partial charge in [-0.05, 0) is 66.9 Å². The maximum atomic E-state index is 13.1. The molecule has 2 N–H and O–H groups in total. The lowest BCUT2D eigenvalue weighted by Crippen LogP contribution is -2.36. The second-order valence-corrected chi connectivity index (χ2v) is 13.8. The van der Waals surface area contributed by atoms with Gasteiger partial charge < -0.3 is 29.5 Å². The van der Waals surface area contributed by atoms with E-state index in [4.69, 9.17) is 14.2 Å². The summed E-state index contributed by atoms with van der Waals surface area (Å²) in [6.45, 7) is 3.20. The first-order valence-corrected chi connectivity index (χ1v) is 17.1.